The van der Waals surface area contributed by atoms with Gasteiger partial charge < -0.3 is 5.32 Å². The maximum atomic E-state index is 12.9. The second-order valence-corrected chi connectivity index (χ2v) is 5.00. The second-order valence-electron chi connectivity index (χ2n) is 5.00. The summed E-state index contributed by atoms with van der Waals surface area (Å²) in [6.07, 6.45) is 3.89. The highest BCUT2D eigenvalue weighted by atomic mass is 19.1. The van der Waals surface area contributed by atoms with Gasteiger partial charge in [-0.3, -0.25) is 0 Å². The van der Waals surface area contributed by atoms with Gasteiger partial charge in [0, 0.05) is 6.04 Å². The number of hydrogen-bond acceptors (Lipinski definition) is 1. The molecule has 1 nitrogen and oxygen atoms in total. The van der Waals surface area contributed by atoms with Gasteiger partial charge in [0.05, 0.1) is 0 Å². The van der Waals surface area contributed by atoms with Crippen molar-refractivity contribution < 1.29 is 4.39 Å². The SMILES string of the molecule is CNC(c1ccc(F)cc1)C1CCC(C)C1. The lowest BCUT2D eigenvalue weighted by atomic mass is 9.91. The molecule has 1 aromatic rings. The third-order valence-corrected chi connectivity index (χ3v) is 3.75. The van der Waals surface area contributed by atoms with Crippen LogP contribution in [0.15, 0.2) is 24.3 Å². The van der Waals surface area contributed by atoms with E-state index in [0.717, 1.165) is 5.92 Å². The molecule has 1 fully saturated rings. The van der Waals surface area contributed by atoms with E-state index in [-0.39, 0.29) is 5.82 Å². The van der Waals surface area contributed by atoms with Crippen LogP contribution in [0, 0.1) is 17.7 Å². The number of nitrogens with one attached hydrogen (secondary N) is 1. The Labute approximate surface area is 97.1 Å². The van der Waals surface area contributed by atoms with E-state index in [1.807, 2.05) is 19.2 Å². The minimum Gasteiger partial charge on any atom is -0.313 e. The molecule has 1 N–H and O–H groups in total. The van der Waals surface area contributed by atoms with Crippen molar-refractivity contribution in [2.45, 2.75) is 32.2 Å². The first-order chi connectivity index (χ1) is 7.70. The fourth-order valence-electron chi connectivity index (χ4n) is 2.90. The van der Waals surface area contributed by atoms with Gasteiger partial charge in [-0.1, -0.05) is 25.5 Å². The molecular formula is C14H20FN. The zero-order valence-corrected chi connectivity index (χ0v) is 10.0. The van der Waals surface area contributed by atoms with Crippen molar-refractivity contribution in [3.05, 3.63) is 35.6 Å². The summed E-state index contributed by atoms with van der Waals surface area (Å²) in [6.45, 7) is 2.32. The molecule has 0 amide bonds. The van der Waals surface area contributed by atoms with E-state index in [1.54, 1.807) is 12.1 Å². The van der Waals surface area contributed by atoms with E-state index in [0.29, 0.717) is 12.0 Å². The molecule has 0 bridgehead atoms. The van der Waals surface area contributed by atoms with Gasteiger partial charge in [0.1, 0.15) is 5.82 Å². The molecule has 16 heavy (non-hydrogen) atoms. The topological polar surface area (TPSA) is 12.0 Å². The van der Waals surface area contributed by atoms with Crippen molar-refractivity contribution in [3.8, 4) is 0 Å². The van der Waals surface area contributed by atoms with Crippen LogP contribution in [-0.2, 0) is 0 Å². The van der Waals surface area contributed by atoms with Crippen LogP contribution in [-0.4, -0.2) is 7.05 Å². The van der Waals surface area contributed by atoms with Gasteiger partial charge in [-0.05, 0) is 49.4 Å². The smallest absolute Gasteiger partial charge is 0.123 e. The zero-order valence-electron chi connectivity index (χ0n) is 10.0. The normalized spacial score (nSPS) is 26.9. The summed E-state index contributed by atoms with van der Waals surface area (Å²) in [7, 11) is 2.00. The molecule has 3 atom stereocenters. The minimum atomic E-state index is -0.154. The molecule has 3 unspecified atom stereocenters. The molecule has 88 valence electrons. The standard InChI is InChI=1S/C14H20FN/c1-10-3-4-12(9-10)14(16-2)11-5-7-13(15)8-6-11/h5-8,10,12,14,16H,3-4,9H2,1-2H3. The van der Waals surface area contributed by atoms with Crippen LogP contribution in [0.2, 0.25) is 0 Å². The summed E-state index contributed by atoms with van der Waals surface area (Å²) in [6, 6.07) is 7.29. The van der Waals surface area contributed by atoms with E-state index in [1.165, 1.54) is 24.8 Å². The van der Waals surface area contributed by atoms with E-state index in [2.05, 4.69) is 12.2 Å². The lowest BCUT2D eigenvalue weighted by Crippen LogP contribution is -2.23. The Balaban J connectivity index is 2.13. The molecular weight excluding hydrogens is 201 g/mol. The first kappa shape index (κ1) is 11.6. The fourth-order valence-corrected chi connectivity index (χ4v) is 2.90. The number of rotatable bonds is 3. The van der Waals surface area contributed by atoms with Crippen LogP contribution in [0.5, 0.6) is 0 Å². The number of hydrogen-bond donors (Lipinski definition) is 1. The Hall–Kier alpha value is -0.890. The predicted molar refractivity (Wildman–Crippen MR) is 64.7 cm³/mol. The Kier molecular flexibility index (Phi) is 3.59. The molecule has 0 heterocycles. The summed E-state index contributed by atoms with van der Waals surface area (Å²) in [5.41, 5.74) is 1.21. The Morgan fingerprint density at radius 2 is 1.94 bits per heavy atom. The quantitative estimate of drug-likeness (QED) is 0.823. The van der Waals surface area contributed by atoms with E-state index in [9.17, 15) is 4.39 Å². The molecule has 0 aromatic heterocycles. The summed E-state index contributed by atoms with van der Waals surface area (Å²) < 4.78 is 12.9. The van der Waals surface area contributed by atoms with Crippen molar-refractivity contribution in [2.24, 2.45) is 11.8 Å². The predicted octanol–water partition coefficient (Wildman–Crippen LogP) is 3.52. The number of halogens is 1. The monoisotopic (exact) mass is 221 g/mol. The lowest BCUT2D eigenvalue weighted by Gasteiger charge is -2.23. The molecule has 1 aromatic carbocycles. The van der Waals surface area contributed by atoms with Crippen LogP contribution in [0.4, 0.5) is 4.39 Å². The lowest BCUT2D eigenvalue weighted by molar-refractivity contribution is 0.379. The molecule has 2 rings (SSSR count). The van der Waals surface area contributed by atoms with Crippen molar-refractivity contribution in [2.75, 3.05) is 7.05 Å². The first-order valence-electron chi connectivity index (χ1n) is 6.13. The van der Waals surface area contributed by atoms with Crippen LogP contribution >= 0.6 is 0 Å². The van der Waals surface area contributed by atoms with Gasteiger partial charge in [0.2, 0.25) is 0 Å². The third-order valence-electron chi connectivity index (χ3n) is 3.75. The molecule has 2 heteroatoms. The zero-order chi connectivity index (χ0) is 11.5. The van der Waals surface area contributed by atoms with Gasteiger partial charge in [0.15, 0.2) is 0 Å². The largest absolute Gasteiger partial charge is 0.313 e. The highest BCUT2D eigenvalue weighted by molar-refractivity contribution is 5.21. The molecule has 1 aliphatic rings. The van der Waals surface area contributed by atoms with E-state index in [4.69, 9.17) is 0 Å². The van der Waals surface area contributed by atoms with Gasteiger partial charge in [-0.2, -0.15) is 0 Å². The Bertz CT molecular complexity index is 333. The van der Waals surface area contributed by atoms with E-state index < -0.39 is 0 Å². The van der Waals surface area contributed by atoms with Crippen LogP contribution in [0.1, 0.15) is 37.8 Å². The average Bonchev–Trinajstić information content (AvgIpc) is 2.69. The minimum absolute atomic E-state index is 0.154. The molecule has 0 aliphatic heterocycles. The average molecular weight is 221 g/mol. The van der Waals surface area contributed by atoms with Crippen LogP contribution < -0.4 is 5.32 Å². The highest BCUT2D eigenvalue weighted by Gasteiger charge is 2.28. The third kappa shape index (κ3) is 2.43. The van der Waals surface area contributed by atoms with E-state index >= 15 is 0 Å². The maximum Gasteiger partial charge on any atom is 0.123 e. The van der Waals surface area contributed by atoms with Crippen molar-refractivity contribution in [1.82, 2.24) is 5.32 Å². The van der Waals surface area contributed by atoms with Gasteiger partial charge in [0.25, 0.3) is 0 Å². The van der Waals surface area contributed by atoms with Gasteiger partial charge >= 0.3 is 0 Å². The first-order valence-corrected chi connectivity index (χ1v) is 6.13. The highest BCUT2D eigenvalue weighted by Crippen LogP contribution is 2.38. The molecule has 1 saturated carbocycles. The van der Waals surface area contributed by atoms with Crippen molar-refractivity contribution >= 4 is 0 Å². The Morgan fingerprint density at radius 1 is 1.25 bits per heavy atom. The van der Waals surface area contributed by atoms with Crippen LogP contribution in [0.25, 0.3) is 0 Å². The molecule has 0 radical (unpaired) electrons. The van der Waals surface area contributed by atoms with Gasteiger partial charge in [-0.25, -0.2) is 4.39 Å². The molecule has 1 aliphatic carbocycles. The summed E-state index contributed by atoms with van der Waals surface area (Å²) in [5.74, 6) is 1.38. The summed E-state index contributed by atoms with van der Waals surface area (Å²) >= 11 is 0. The Morgan fingerprint density at radius 3 is 2.44 bits per heavy atom. The second kappa shape index (κ2) is 4.96. The van der Waals surface area contributed by atoms with Crippen molar-refractivity contribution in [1.29, 1.82) is 0 Å². The number of benzene rings is 1. The summed E-state index contributed by atoms with van der Waals surface area (Å²) in [4.78, 5) is 0. The molecule has 0 saturated heterocycles. The van der Waals surface area contributed by atoms with Gasteiger partial charge in [-0.15, -0.1) is 0 Å². The maximum absolute atomic E-state index is 12.9. The summed E-state index contributed by atoms with van der Waals surface area (Å²) in [5, 5.41) is 3.38. The fraction of sp³-hybridized carbons (Fsp3) is 0.571. The van der Waals surface area contributed by atoms with Crippen molar-refractivity contribution in [3.63, 3.8) is 0 Å². The molecule has 0 spiro atoms. The van der Waals surface area contributed by atoms with Crippen LogP contribution in [0.3, 0.4) is 0 Å².